The van der Waals surface area contributed by atoms with Gasteiger partial charge in [0.15, 0.2) is 0 Å². The average Bonchev–Trinajstić information content (AvgIpc) is 2.38. The number of hydrogen-bond donors (Lipinski definition) is 1. The zero-order chi connectivity index (χ0) is 15.3. The number of hydrogen-bond acceptors (Lipinski definition) is 5. The number of pyridine rings is 1. The van der Waals surface area contributed by atoms with Crippen LogP contribution in [0.25, 0.3) is 0 Å². The summed E-state index contributed by atoms with van der Waals surface area (Å²) in [5.74, 6) is 0. The van der Waals surface area contributed by atoms with Crippen molar-refractivity contribution >= 4 is 27.2 Å². The van der Waals surface area contributed by atoms with Crippen LogP contribution in [0.5, 0.6) is 0 Å². The second kappa shape index (κ2) is 7.07. The van der Waals surface area contributed by atoms with Gasteiger partial charge in [0.2, 0.25) is 10.0 Å². The summed E-state index contributed by atoms with van der Waals surface area (Å²) >= 11 is 4.85. The van der Waals surface area contributed by atoms with Crippen LogP contribution in [0.3, 0.4) is 0 Å². The van der Waals surface area contributed by atoms with Crippen LogP contribution in [-0.2, 0) is 10.0 Å². The molecule has 0 bridgehead atoms. The van der Waals surface area contributed by atoms with E-state index in [9.17, 15) is 8.42 Å². The monoisotopic (exact) mass is 316 g/mol. The molecule has 0 aliphatic carbocycles. The fraction of sp³-hybridized carbons (Fsp3) is 0.500. The van der Waals surface area contributed by atoms with E-state index in [2.05, 4.69) is 4.98 Å². The number of aromatic nitrogens is 1. The molecular formula is C12H20N4O2S2. The molecule has 0 unspecified atom stereocenters. The molecule has 0 saturated heterocycles. The molecule has 112 valence electrons. The fourth-order valence-electron chi connectivity index (χ4n) is 1.68. The third-order valence-corrected chi connectivity index (χ3v) is 4.85. The van der Waals surface area contributed by atoms with Gasteiger partial charge in [-0.15, -0.1) is 0 Å². The first-order chi connectivity index (χ1) is 9.26. The number of nitrogens with zero attached hydrogens (tertiary/aromatic N) is 3. The van der Waals surface area contributed by atoms with Crippen LogP contribution in [0, 0.1) is 0 Å². The maximum absolute atomic E-state index is 12.5. The first-order valence-electron chi connectivity index (χ1n) is 6.12. The third kappa shape index (κ3) is 4.20. The Bertz CT molecular complexity index is 573. The Labute approximate surface area is 125 Å². The van der Waals surface area contributed by atoms with E-state index in [1.54, 1.807) is 13.1 Å². The Morgan fingerprint density at radius 1 is 1.35 bits per heavy atom. The highest BCUT2D eigenvalue weighted by Crippen LogP contribution is 2.17. The predicted molar refractivity (Wildman–Crippen MR) is 83.1 cm³/mol. The molecule has 0 aromatic carbocycles. The maximum Gasteiger partial charge on any atom is 0.245 e. The van der Waals surface area contributed by atoms with E-state index in [1.165, 1.54) is 16.6 Å². The molecule has 20 heavy (non-hydrogen) atoms. The molecule has 0 saturated carbocycles. The van der Waals surface area contributed by atoms with E-state index < -0.39 is 10.0 Å². The second-order valence-corrected chi connectivity index (χ2v) is 7.15. The molecule has 2 N–H and O–H groups in total. The fourth-order valence-corrected chi connectivity index (χ4v) is 3.27. The van der Waals surface area contributed by atoms with Crippen LogP contribution in [0.2, 0.25) is 0 Å². The molecule has 0 spiro atoms. The van der Waals surface area contributed by atoms with Crippen molar-refractivity contribution in [2.45, 2.75) is 11.3 Å². The van der Waals surface area contributed by atoms with Crippen molar-refractivity contribution in [1.82, 2.24) is 14.2 Å². The highest BCUT2D eigenvalue weighted by Gasteiger charge is 2.25. The van der Waals surface area contributed by atoms with E-state index in [0.29, 0.717) is 6.54 Å². The van der Waals surface area contributed by atoms with Gasteiger partial charge in [-0.2, -0.15) is 0 Å². The highest BCUT2D eigenvalue weighted by atomic mass is 32.2. The Morgan fingerprint density at radius 2 is 2.00 bits per heavy atom. The molecule has 0 atom stereocenters. The van der Waals surface area contributed by atoms with E-state index in [4.69, 9.17) is 18.0 Å². The van der Waals surface area contributed by atoms with E-state index in [-0.39, 0.29) is 15.6 Å². The lowest BCUT2D eigenvalue weighted by Crippen LogP contribution is -2.31. The van der Waals surface area contributed by atoms with Gasteiger partial charge in [0, 0.05) is 19.8 Å². The summed E-state index contributed by atoms with van der Waals surface area (Å²) in [5, 5.41) is 0. The van der Waals surface area contributed by atoms with Gasteiger partial charge in [-0.1, -0.05) is 12.2 Å². The molecule has 1 aromatic heterocycles. The summed E-state index contributed by atoms with van der Waals surface area (Å²) in [4.78, 5) is 5.99. The van der Waals surface area contributed by atoms with E-state index in [1.807, 2.05) is 19.0 Å². The lowest BCUT2D eigenvalue weighted by molar-refractivity contribution is 0.370. The SMILES string of the molecule is CN(C)CCCN(C)S(=O)(=O)c1cccnc1C(N)=S. The highest BCUT2D eigenvalue weighted by molar-refractivity contribution is 7.89. The molecule has 8 heteroatoms. The van der Waals surface area contributed by atoms with Gasteiger partial charge in [-0.25, -0.2) is 12.7 Å². The van der Waals surface area contributed by atoms with Crippen molar-refractivity contribution in [2.75, 3.05) is 34.2 Å². The lowest BCUT2D eigenvalue weighted by Gasteiger charge is -2.19. The van der Waals surface area contributed by atoms with Gasteiger partial charge < -0.3 is 10.6 Å². The predicted octanol–water partition coefficient (Wildman–Crippen LogP) is 0.288. The summed E-state index contributed by atoms with van der Waals surface area (Å²) in [6, 6.07) is 3.03. The molecule has 0 fully saturated rings. The summed E-state index contributed by atoms with van der Waals surface area (Å²) in [5.41, 5.74) is 5.67. The zero-order valence-electron chi connectivity index (χ0n) is 11.9. The normalized spacial score (nSPS) is 12.1. The number of thiocarbonyl (C=S) groups is 1. The summed E-state index contributed by atoms with van der Waals surface area (Å²) < 4.78 is 26.3. The minimum atomic E-state index is -3.63. The van der Waals surface area contributed by atoms with Crippen LogP contribution in [0.1, 0.15) is 12.1 Å². The standard InChI is InChI=1S/C12H20N4O2S2/c1-15(2)8-5-9-16(3)20(17,18)10-6-4-7-14-11(10)12(13)19/h4,6-7H,5,8-9H2,1-3H3,(H2,13,19). The number of nitrogens with two attached hydrogens (primary N) is 1. The van der Waals surface area contributed by atoms with Crippen LogP contribution in [0.15, 0.2) is 23.2 Å². The summed E-state index contributed by atoms with van der Waals surface area (Å²) in [6.45, 7) is 1.24. The zero-order valence-corrected chi connectivity index (χ0v) is 13.5. The van der Waals surface area contributed by atoms with Gasteiger partial charge >= 0.3 is 0 Å². The molecule has 1 heterocycles. The Morgan fingerprint density at radius 3 is 2.55 bits per heavy atom. The van der Waals surface area contributed by atoms with E-state index in [0.717, 1.165) is 13.0 Å². The summed E-state index contributed by atoms with van der Waals surface area (Å²) in [7, 11) is 1.81. The van der Waals surface area contributed by atoms with Crippen LogP contribution in [-0.4, -0.2) is 61.8 Å². The van der Waals surface area contributed by atoms with Gasteiger partial charge in [0.25, 0.3) is 0 Å². The largest absolute Gasteiger partial charge is 0.388 e. The van der Waals surface area contributed by atoms with Gasteiger partial charge in [-0.05, 0) is 39.2 Å². The molecule has 1 rings (SSSR count). The number of rotatable bonds is 7. The molecule has 0 aliphatic heterocycles. The van der Waals surface area contributed by atoms with Crippen molar-refractivity contribution in [2.24, 2.45) is 5.73 Å². The van der Waals surface area contributed by atoms with Gasteiger partial charge in [0.1, 0.15) is 15.6 Å². The lowest BCUT2D eigenvalue weighted by atomic mass is 10.3. The van der Waals surface area contributed by atoms with Gasteiger partial charge in [-0.3, -0.25) is 4.98 Å². The quantitative estimate of drug-likeness (QED) is 0.728. The van der Waals surface area contributed by atoms with Crippen molar-refractivity contribution in [3.63, 3.8) is 0 Å². The van der Waals surface area contributed by atoms with Crippen LogP contribution in [0.4, 0.5) is 0 Å². The van der Waals surface area contributed by atoms with Crippen molar-refractivity contribution < 1.29 is 8.42 Å². The minimum absolute atomic E-state index is 0.0223. The Hall–Kier alpha value is -1.09. The van der Waals surface area contributed by atoms with Crippen molar-refractivity contribution in [3.05, 3.63) is 24.0 Å². The van der Waals surface area contributed by atoms with E-state index >= 15 is 0 Å². The first kappa shape index (κ1) is 17.0. The molecule has 0 radical (unpaired) electrons. The molecule has 0 amide bonds. The van der Waals surface area contributed by atoms with Crippen molar-refractivity contribution in [1.29, 1.82) is 0 Å². The Kier molecular flexibility index (Phi) is 6.00. The van der Waals surface area contributed by atoms with Crippen LogP contribution >= 0.6 is 12.2 Å². The molecule has 0 aliphatic rings. The van der Waals surface area contributed by atoms with Crippen LogP contribution < -0.4 is 5.73 Å². The average molecular weight is 316 g/mol. The smallest absolute Gasteiger partial charge is 0.245 e. The Balaban J connectivity index is 2.96. The van der Waals surface area contributed by atoms with Gasteiger partial charge in [0.05, 0.1) is 0 Å². The molecule has 1 aromatic rings. The maximum atomic E-state index is 12.5. The third-order valence-electron chi connectivity index (χ3n) is 2.77. The number of sulfonamides is 1. The second-order valence-electron chi connectivity index (χ2n) is 4.70. The van der Waals surface area contributed by atoms with Crippen molar-refractivity contribution in [3.8, 4) is 0 Å². The molecular weight excluding hydrogens is 296 g/mol. The minimum Gasteiger partial charge on any atom is -0.388 e. The molecule has 6 nitrogen and oxygen atoms in total. The summed E-state index contributed by atoms with van der Waals surface area (Å²) in [6.07, 6.45) is 2.21. The first-order valence-corrected chi connectivity index (χ1v) is 7.97. The topological polar surface area (TPSA) is 79.5 Å².